The number of H-pyrrole nitrogens is 1. The average Bonchev–Trinajstić information content (AvgIpc) is 2.73. The molecule has 2 rings (SSSR count). The highest BCUT2D eigenvalue weighted by Crippen LogP contribution is 2.25. The molecule has 0 amide bonds. The molecule has 0 bridgehead atoms. The first-order chi connectivity index (χ1) is 8.54. The Hall–Kier alpha value is -1.30. The van der Waals surface area contributed by atoms with Gasteiger partial charge in [0.25, 0.3) is 0 Å². The second-order valence-electron chi connectivity index (χ2n) is 3.83. The second kappa shape index (κ2) is 5.14. The van der Waals surface area contributed by atoms with Gasteiger partial charge in [0.2, 0.25) is 0 Å². The van der Waals surface area contributed by atoms with E-state index in [4.69, 9.17) is 28.9 Å². The van der Waals surface area contributed by atoms with E-state index < -0.39 is 5.69 Å². The number of rotatable bonds is 3. The third-order valence-electron chi connectivity index (χ3n) is 2.62. The van der Waals surface area contributed by atoms with E-state index in [0.29, 0.717) is 28.0 Å². The Balaban J connectivity index is 2.67. The van der Waals surface area contributed by atoms with Crippen LogP contribution in [0.3, 0.4) is 0 Å². The summed E-state index contributed by atoms with van der Waals surface area (Å²) in [6.45, 7) is 1.91. The van der Waals surface area contributed by atoms with Gasteiger partial charge in [0.05, 0.1) is 16.8 Å². The fraction of sp³-hybridized carbons (Fsp3) is 0.273. The van der Waals surface area contributed by atoms with Crippen LogP contribution in [0.15, 0.2) is 23.0 Å². The van der Waals surface area contributed by atoms with Crippen LogP contribution in [0.1, 0.15) is 25.2 Å². The van der Waals surface area contributed by atoms with Crippen LogP contribution in [0.25, 0.3) is 5.69 Å². The van der Waals surface area contributed by atoms with Crippen molar-refractivity contribution in [3.63, 3.8) is 0 Å². The molecule has 0 spiro atoms. The van der Waals surface area contributed by atoms with Crippen LogP contribution < -0.4 is 11.4 Å². The number of aromatic nitrogens is 3. The minimum absolute atomic E-state index is 0.348. The third-order valence-corrected chi connectivity index (χ3v) is 3.17. The van der Waals surface area contributed by atoms with Crippen LogP contribution in [0, 0.1) is 0 Å². The largest absolute Gasteiger partial charge is 0.348 e. The number of halogens is 2. The summed E-state index contributed by atoms with van der Waals surface area (Å²) in [5, 5.41) is 7.20. The molecule has 7 heteroatoms. The van der Waals surface area contributed by atoms with Gasteiger partial charge >= 0.3 is 5.69 Å². The van der Waals surface area contributed by atoms with Gasteiger partial charge in [0, 0.05) is 5.02 Å². The van der Waals surface area contributed by atoms with E-state index in [9.17, 15) is 4.79 Å². The summed E-state index contributed by atoms with van der Waals surface area (Å²) < 4.78 is 1.35. The molecule has 1 aromatic carbocycles. The van der Waals surface area contributed by atoms with Gasteiger partial charge in [0.1, 0.15) is 0 Å². The highest BCUT2D eigenvalue weighted by molar-refractivity contribution is 6.34. The van der Waals surface area contributed by atoms with Crippen LogP contribution in [0.2, 0.25) is 10.0 Å². The number of nitrogens with zero attached hydrogens (tertiary/aromatic N) is 2. The Morgan fingerprint density at radius 1 is 1.50 bits per heavy atom. The topological polar surface area (TPSA) is 76.7 Å². The first kappa shape index (κ1) is 13.1. The smallest absolute Gasteiger partial charge is 0.321 e. The third kappa shape index (κ3) is 2.29. The van der Waals surface area contributed by atoms with Crippen LogP contribution in [-0.2, 0) is 0 Å². The highest BCUT2D eigenvalue weighted by Gasteiger charge is 2.17. The van der Waals surface area contributed by atoms with Crippen molar-refractivity contribution in [3.8, 4) is 5.69 Å². The molecular weight excluding hydrogens is 275 g/mol. The number of hydrogen-bond acceptors (Lipinski definition) is 3. The summed E-state index contributed by atoms with van der Waals surface area (Å²) in [5.74, 6) is 0.437. The Morgan fingerprint density at radius 3 is 2.89 bits per heavy atom. The zero-order valence-corrected chi connectivity index (χ0v) is 11.2. The lowest BCUT2D eigenvalue weighted by molar-refractivity contribution is 0.631. The summed E-state index contributed by atoms with van der Waals surface area (Å²) in [6.07, 6.45) is 0.655. The van der Waals surface area contributed by atoms with Gasteiger partial charge in [-0.3, -0.25) is 0 Å². The molecular formula is C11H12Cl2N4O. The van der Waals surface area contributed by atoms with E-state index in [-0.39, 0.29) is 6.04 Å². The summed E-state index contributed by atoms with van der Waals surface area (Å²) in [7, 11) is 0. The van der Waals surface area contributed by atoms with Crippen molar-refractivity contribution < 1.29 is 0 Å². The number of benzene rings is 1. The molecule has 0 saturated carbocycles. The van der Waals surface area contributed by atoms with E-state index >= 15 is 0 Å². The summed E-state index contributed by atoms with van der Waals surface area (Å²) >= 11 is 12.0. The lowest BCUT2D eigenvalue weighted by atomic mass is 10.2. The molecule has 0 aliphatic heterocycles. The maximum atomic E-state index is 11.8. The number of hydrogen-bond donors (Lipinski definition) is 2. The molecule has 0 fully saturated rings. The van der Waals surface area contributed by atoms with Gasteiger partial charge in [-0.2, -0.15) is 5.10 Å². The second-order valence-corrected chi connectivity index (χ2v) is 4.68. The molecule has 18 heavy (non-hydrogen) atoms. The molecule has 0 saturated heterocycles. The molecule has 1 unspecified atom stereocenters. The maximum absolute atomic E-state index is 11.8. The minimum Gasteiger partial charge on any atom is -0.321 e. The van der Waals surface area contributed by atoms with Crippen LogP contribution in [0.4, 0.5) is 0 Å². The highest BCUT2D eigenvalue weighted by atomic mass is 35.5. The Kier molecular flexibility index (Phi) is 3.75. The van der Waals surface area contributed by atoms with E-state index in [0.717, 1.165) is 0 Å². The molecule has 5 nitrogen and oxygen atoms in total. The van der Waals surface area contributed by atoms with Gasteiger partial charge in [-0.1, -0.05) is 30.1 Å². The molecule has 1 heterocycles. The standard InChI is InChI=1S/C11H12Cl2N4O/c1-2-8(14)10-15-16-11(18)17(10)9-5-6(12)3-4-7(9)13/h3-5,8H,2,14H2,1H3,(H,16,18). The van der Waals surface area contributed by atoms with Gasteiger partial charge in [0.15, 0.2) is 5.82 Å². The Morgan fingerprint density at radius 2 is 2.22 bits per heavy atom. The first-order valence-corrected chi connectivity index (χ1v) is 6.18. The fourth-order valence-electron chi connectivity index (χ4n) is 1.63. The molecule has 0 radical (unpaired) electrons. The SMILES string of the molecule is CCC(N)c1n[nH]c(=O)n1-c1cc(Cl)ccc1Cl. The lowest BCUT2D eigenvalue weighted by Gasteiger charge is -2.11. The Labute approximate surface area is 114 Å². The van der Waals surface area contributed by atoms with Crippen LogP contribution in [-0.4, -0.2) is 14.8 Å². The minimum atomic E-state index is -0.391. The predicted octanol–water partition coefficient (Wildman–Crippen LogP) is 2.28. The van der Waals surface area contributed by atoms with Crippen molar-refractivity contribution in [1.29, 1.82) is 0 Å². The zero-order valence-electron chi connectivity index (χ0n) is 9.65. The van der Waals surface area contributed by atoms with Crippen molar-refractivity contribution in [3.05, 3.63) is 44.6 Å². The summed E-state index contributed by atoms with van der Waals surface area (Å²) in [6, 6.07) is 4.53. The van der Waals surface area contributed by atoms with E-state index in [1.807, 2.05) is 6.92 Å². The van der Waals surface area contributed by atoms with E-state index in [1.165, 1.54) is 4.57 Å². The molecule has 1 atom stereocenters. The molecule has 3 N–H and O–H groups in total. The molecule has 2 aromatic rings. The number of nitrogens with two attached hydrogens (primary N) is 1. The average molecular weight is 287 g/mol. The predicted molar refractivity (Wildman–Crippen MR) is 71.4 cm³/mol. The van der Waals surface area contributed by atoms with Gasteiger partial charge in [-0.15, -0.1) is 0 Å². The van der Waals surface area contributed by atoms with Crippen molar-refractivity contribution in [2.45, 2.75) is 19.4 Å². The van der Waals surface area contributed by atoms with Crippen molar-refractivity contribution in [1.82, 2.24) is 14.8 Å². The first-order valence-electron chi connectivity index (χ1n) is 5.43. The van der Waals surface area contributed by atoms with Crippen LogP contribution >= 0.6 is 23.2 Å². The molecule has 96 valence electrons. The summed E-state index contributed by atoms with van der Waals surface area (Å²) in [4.78, 5) is 11.8. The molecule has 0 aliphatic rings. The maximum Gasteiger partial charge on any atom is 0.348 e. The van der Waals surface area contributed by atoms with Gasteiger partial charge < -0.3 is 5.73 Å². The van der Waals surface area contributed by atoms with Crippen LogP contribution in [0.5, 0.6) is 0 Å². The van der Waals surface area contributed by atoms with Crippen molar-refractivity contribution >= 4 is 23.2 Å². The van der Waals surface area contributed by atoms with Crippen molar-refractivity contribution in [2.75, 3.05) is 0 Å². The zero-order chi connectivity index (χ0) is 13.3. The van der Waals surface area contributed by atoms with Gasteiger partial charge in [-0.25, -0.2) is 14.5 Å². The fourth-order valence-corrected chi connectivity index (χ4v) is 2.00. The molecule has 0 aliphatic carbocycles. The number of aromatic amines is 1. The monoisotopic (exact) mass is 286 g/mol. The number of nitrogens with one attached hydrogen (secondary N) is 1. The van der Waals surface area contributed by atoms with Crippen molar-refractivity contribution in [2.24, 2.45) is 5.73 Å². The Bertz CT molecular complexity index is 620. The quantitative estimate of drug-likeness (QED) is 0.909. The summed E-state index contributed by atoms with van der Waals surface area (Å²) in [5.41, 5.74) is 6.00. The molecule has 1 aromatic heterocycles. The van der Waals surface area contributed by atoms with Gasteiger partial charge in [-0.05, 0) is 24.6 Å². The van der Waals surface area contributed by atoms with E-state index in [2.05, 4.69) is 10.2 Å². The lowest BCUT2D eigenvalue weighted by Crippen LogP contribution is -2.21. The van der Waals surface area contributed by atoms with E-state index in [1.54, 1.807) is 18.2 Å². The normalized spacial score (nSPS) is 12.7.